The molecule has 0 saturated carbocycles. The fourth-order valence-corrected chi connectivity index (χ4v) is 2.21. The Labute approximate surface area is 123 Å². The van der Waals surface area contributed by atoms with Crippen LogP contribution in [-0.2, 0) is 21.1 Å². The van der Waals surface area contributed by atoms with Crippen molar-refractivity contribution in [3.05, 3.63) is 33.8 Å². The van der Waals surface area contributed by atoms with Crippen LogP contribution in [0.5, 0.6) is 0 Å². The van der Waals surface area contributed by atoms with Gasteiger partial charge in [0.25, 0.3) is 0 Å². The number of aryl methyl sites for hydroxylation is 1. The lowest BCUT2D eigenvalue weighted by atomic mass is 10.1. The number of nitrogens with one attached hydrogen (secondary N) is 1. The van der Waals surface area contributed by atoms with Crippen LogP contribution in [0.25, 0.3) is 0 Å². The van der Waals surface area contributed by atoms with E-state index >= 15 is 0 Å². The van der Waals surface area contributed by atoms with Gasteiger partial charge in [0, 0.05) is 19.2 Å². The van der Waals surface area contributed by atoms with E-state index in [9.17, 15) is 13.2 Å². The Balaban J connectivity index is 2.36. The molecular formula is C12H15Cl2NO3S. The third-order valence-corrected chi connectivity index (χ3v) is 4.10. The van der Waals surface area contributed by atoms with Crippen molar-refractivity contribution in [3.8, 4) is 0 Å². The van der Waals surface area contributed by atoms with Crippen LogP contribution in [-0.4, -0.2) is 32.9 Å². The first-order chi connectivity index (χ1) is 8.78. The zero-order valence-electron chi connectivity index (χ0n) is 10.4. The average Bonchev–Trinajstić information content (AvgIpc) is 2.29. The maximum absolute atomic E-state index is 11.5. The molecule has 0 aliphatic carbocycles. The largest absolute Gasteiger partial charge is 0.355 e. The SMILES string of the molecule is CS(=O)(=O)CCNC(=O)CCc1ccc(Cl)c(Cl)c1. The van der Waals surface area contributed by atoms with Gasteiger partial charge in [0.05, 0.1) is 15.8 Å². The highest BCUT2D eigenvalue weighted by molar-refractivity contribution is 7.90. The van der Waals surface area contributed by atoms with Gasteiger partial charge in [0.1, 0.15) is 9.84 Å². The predicted octanol–water partition coefficient (Wildman–Crippen LogP) is 2.09. The second-order valence-corrected chi connectivity index (χ2v) is 7.30. The quantitative estimate of drug-likeness (QED) is 0.871. The van der Waals surface area contributed by atoms with Crippen LogP contribution >= 0.6 is 23.2 Å². The predicted molar refractivity (Wildman–Crippen MR) is 77.5 cm³/mol. The molecule has 0 saturated heterocycles. The summed E-state index contributed by atoms with van der Waals surface area (Å²) in [6.45, 7) is 0.138. The minimum Gasteiger partial charge on any atom is -0.355 e. The Bertz CT molecular complexity index is 558. The van der Waals surface area contributed by atoms with Crippen molar-refractivity contribution in [1.29, 1.82) is 0 Å². The van der Waals surface area contributed by atoms with Gasteiger partial charge >= 0.3 is 0 Å². The van der Waals surface area contributed by atoms with Crippen molar-refractivity contribution >= 4 is 38.9 Å². The van der Waals surface area contributed by atoms with E-state index < -0.39 is 9.84 Å². The Morgan fingerprint density at radius 2 is 1.95 bits per heavy atom. The number of carbonyl (C=O) groups excluding carboxylic acids is 1. The highest BCUT2D eigenvalue weighted by Gasteiger charge is 2.06. The van der Waals surface area contributed by atoms with Crippen LogP contribution in [0.1, 0.15) is 12.0 Å². The van der Waals surface area contributed by atoms with Crippen molar-refractivity contribution in [1.82, 2.24) is 5.32 Å². The first-order valence-electron chi connectivity index (χ1n) is 5.66. The minimum atomic E-state index is -3.04. The molecule has 106 valence electrons. The summed E-state index contributed by atoms with van der Waals surface area (Å²) < 4.78 is 21.8. The van der Waals surface area contributed by atoms with Gasteiger partial charge in [-0.2, -0.15) is 0 Å². The zero-order valence-corrected chi connectivity index (χ0v) is 12.8. The van der Waals surface area contributed by atoms with E-state index in [0.717, 1.165) is 11.8 Å². The number of amides is 1. The van der Waals surface area contributed by atoms with Crippen LogP contribution in [0.15, 0.2) is 18.2 Å². The van der Waals surface area contributed by atoms with E-state index in [2.05, 4.69) is 5.32 Å². The molecule has 0 spiro atoms. The summed E-state index contributed by atoms with van der Waals surface area (Å²) in [6.07, 6.45) is 1.94. The molecule has 0 radical (unpaired) electrons. The summed E-state index contributed by atoms with van der Waals surface area (Å²) in [5.74, 6) is -0.236. The summed E-state index contributed by atoms with van der Waals surface area (Å²) in [7, 11) is -3.04. The summed E-state index contributed by atoms with van der Waals surface area (Å²) >= 11 is 11.7. The second kappa shape index (κ2) is 7.12. The third-order valence-electron chi connectivity index (χ3n) is 2.42. The average molecular weight is 324 g/mol. The van der Waals surface area contributed by atoms with Crippen LogP contribution in [0.2, 0.25) is 10.0 Å². The Hall–Kier alpha value is -0.780. The zero-order chi connectivity index (χ0) is 14.5. The number of hydrogen-bond donors (Lipinski definition) is 1. The number of halogens is 2. The molecule has 0 unspecified atom stereocenters. The number of rotatable bonds is 6. The lowest BCUT2D eigenvalue weighted by Gasteiger charge is -2.05. The van der Waals surface area contributed by atoms with Gasteiger partial charge in [-0.25, -0.2) is 8.42 Å². The van der Waals surface area contributed by atoms with Gasteiger partial charge in [0.15, 0.2) is 0 Å². The van der Waals surface area contributed by atoms with E-state index in [1.165, 1.54) is 0 Å². The van der Waals surface area contributed by atoms with Gasteiger partial charge in [0.2, 0.25) is 5.91 Å². The van der Waals surface area contributed by atoms with Crippen molar-refractivity contribution in [2.24, 2.45) is 0 Å². The number of hydrogen-bond acceptors (Lipinski definition) is 3. The number of benzene rings is 1. The third kappa shape index (κ3) is 6.80. The molecular weight excluding hydrogens is 309 g/mol. The molecule has 1 aromatic carbocycles. The highest BCUT2D eigenvalue weighted by atomic mass is 35.5. The van der Waals surface area contributed by atoms with Gasteiger partial charge in [-0.05, 0) is 24.1 Å². The van der Waals surface area contributed by atoms with Gasteiger partial charge in [-0.3, -0.25) is 4.79 Å². The summed E-state index contributed by atoms with van der Waals surface area (Å²) in [6, 6.07) is 5.20. The number of carbonyl (C=O) groups is 1. The minimum absolute atomic E-state index is 0.0501. The van der Waals surface area contributed by atoms with Crippen molar-refractivity contribution < 1.29 is 13.2 Å². The van der Waals surface area contributed by atoms with Crippen molar-refractivity contribution in [2.45, 2.75) is 12.8 Å². The van der Waals surface area contributed by atoms with E-state index in [-0.39, 0.29) is 24.6 Å². The van der Waals surface area contributed by atoms with Gasteiger partial charge < -0.3 is 5.32 Å². The molecule has 0 heterocycles. The fraction of sp³-hybridized carbons (Fsp3) is 0.417. The highest BCUT2D eigenvalue weighted by Crippen LogP contribution is 2.23. The lowest BCUT2D eigenvalue weighted by molar-refractivity contribution is -0.120. The standard InChI is InChI=1S/C12H15Cl2NO3S/c1-19(17,18)7-6-15-12(16)5-3-9-2-4-10(13)11(14)8-9/h2,4,8H,3,5-7H2,1H3,(H,15,16). The Morgan fingerprint density at radius 3 is 2.53 bits per heavy atom. The van der Waals surface area contributed by atoms with E-state index in [0.29, 0.717) is 16.5 Å². The number of sulfone groups is 1. The molecule has 7 heteroatoms. The second-order valence-electron chi connectivity index (χ2n) is 4.23. The van der Waals surface area contributed by atoms with E-state index in [1.807, 2.05) is 0 Å². The van der Waals surface area contributed by atoms with E-state index in [4.69, 9.17) is 23.2 Å². The maximum Gasteiger partial charge on any atom is 0.220 e. The van der Waals surface area contributed by atoms with Gasteiger partial charge in [-0.1, -0.05) is 29.3 Å². The molecule has 1 aromatic rings. The maximum atomic E-state index is 11.5. The van der Waals surface area contributed by atoms with Crippen LogP contribution < -0.4 is 5.32 Å². The molecule has 0 aliphatic heterocycles. The Kier molecular flexibility index (Phi) is 6.10. The first-order valence-corrected chi connectivity index (χ1v) is 8.48. The molecule has 19 heavy (non-hydrogen) atoms. The summed E-state index contributed by atoms with van der Waals surface area (Å²) in [5.41, 5.74) is 0.910. The molecule has 0 atom stereocenters. The lowest BCUT2D eigenvalue weighted by Crippen LogP contribution is -2.28. The molecule has 0 bridgehead atoms. The molecule has 1 amide bonds. The normalized spacial score (nSPS) is 11.3. The molecule has 0 aliphatic rings. The first kappa shape index (κ1) is 16.3. The molecule has 1 rings (SSSR count). The molecule has 1 N–H and O–H groups in total. The smallest absolute Gasteiger partial charge is 0.220 e. The molecule has 0 fully saturated rings. The van der Waals surface area contributed by atoms with Crippen LogP contribution in [0.4, 0.5) is 0 Å². The topological polar surface area (TPSA) is 63.2 Å². The van der Waals surface area contributed by atoms with Gasteiger partial charge in [-0.15, -0.1) is 0 Å². The van der Waals surface area contributed by atoms with Crippen LogP contribution in [0, 0.1) is 0 Å². The Morgan fingerprint density at radius 1 is 1.26 bits per heavy atom. The van der Waals surface area contributed by atoms with Crippen molar-refractivity contribution in [2.75, 3.05) is 18.6 Å². The fourth-order valence-electron chi connectivity index (χ4n) is 1.42. The summed E-state index contributed by atoms with van der Waals surface area (Å²) in [5, 5.41) is 3.49. The monoisotopic (exact) mass is 323 g/mol. The van der Waals surface area contributed by atoms with E-state index in [1.54, 1.807) is 18.2 Å². The summed E-state index contributed by atoms with van der Waals surface area (Å²) in [4.78, 5) is 11.5. The van der Waals surface area contributed by atoms with Crippen LogP contribution in [0.3, 0.4) is 0 Å². The van der Waals surface area contributed by atoms with Crippen molar-refractivity contribution in [3.63, 3.8) is 0 Å². The molecule has 0 aromatic heterocycles. The molecule has 4 nitrogen and oxygen atoms in total.